The smallest absolute Gasteiger partial charge is 0.435 e. The van der Waals surface area contributed by atoms with Crippen LogP contribution in [-0.4, -0.2) is 30.4 Å². The van der Waals surface area contributed by atoms with E-state index in [0.717, 1.165) is 18.2 Å². The molecule has 1 aliphatic rings. The summed E-state index contributed by atoms with van der Waals surface area (Å²) in [5.41, 5.74) is -3.33. The molecule has 0 saturated heterocycles. The molecule has 1 unspecified atom stereocenters. The van der Waals surface area contributed by atoms with Gasteiger partial charge in [-0.3, -0.25) is 9.59 Å². The van der Waals surface area contributed by atoms with Crippen LogP contribution in [0.2, 0.25) is 15.1 Å². The average molecular weight is 556 g/mol. The summed E-state index contributed by atoms with van der Waals surface area (Å²) in [7, 11) is 0. The van der Waals surface area contributed by atoms with Crippen LogP contribution in [0.3, 0.4) is 0 Å². The Bertz CT molecular complexity index is 1170. The molecule has 1 atom stereocenters. The van der Waals surface area contributed by atoms with Crippen LogP contribution in [0.4, 0.5) is 17.6 Å². The Morgan fingerprint density at radius 3 is 2.43 bits per heavy atom. The van der Waals surface area contributed by atoms with Crippen LogP contribution >= 0.6 is 34.8 Å². The van der Waals surface area contributed by atoms with E-state index in [1.165, 1.54) is 12.1 Å². The van der Waals surface area contributed by atoms with Gasteiger partial charge in [-0.15, -0.1) is 0 Å². The van der Waals surface area contributed by atoms with Crippen LogP contribution < -0.4 is 5.32 Å². The van der Waals surface area contributed by atoms with Gasteiger partial charge in [-0.1, -0.05) is 46.0 Å². The number of nitrogens with one attached hydrogen (secondary N) is 1. The standard InChI is InChI=1S/C22H17Cl3F4N2O4/c1-2-34-19(33)8-18(32)30-10-12-5-11(3-4-16(12)26)17-9-21(35-31-17,22(27,28)29)13-6-14(23)20(25)15(24)7-13/h3-7H,2,8-10H2,1H3,(H,30,32). The van der Waals surface area contributed by atoms with Gasteiger partial charge < -0.3 is 14.9 Å². The monoisotopic (exact) mass is 554 g/mol. The van der Waals surface area contributed by atoms with Gasteiger partial charge >= 0.3 is 12.1 Å². The van der Waals surface area contributed by atoms with Gasteiger partial charge in [0.1, 0.15) is 12.2 Å². The fraction of sp³-hybridized carbons (Fsp3) is 0.318. The van der Waals surface area contributed by atoms with Crippen molar-refractivity contribution in [2.24, 2.45) is 5.16 Å². The molecule has 1 amide bonds. The third-order valence-electron chi connectivity index (χ3n) is 5.10. The number of rotatable bonds is 7. The van der Waals surface area contributed by atoms with E-state index in [0.29, 0.717) is 0 Å². The summed E-state index contributed by atoms with van der Waals surface area (Å²) in [6, 6.07) is 5.48. The highest BCUT2D eigenvalue weighted by Gasteiger charge is 2.62. The number of alkyl halides is 3. The summed E-state index contributed by atoms with van der Waals surface area (Å²) >= 11 is 17.7. The van der Waals surface area contributed by atoms with Crippen molar-refractivity contribution in [2.45, 2.75) is 38.1 Å². The molecule has 0 saturated carbocycles. The van der Waals surface area contributed by atoms with E-state index >= 15 is 0 Å². The van der Waals surface area contributed by atoms with Gasteiger partial charge in [0.2, 0.25) is 5.91 Å². The molecular formula is C22H17Cl3F4N2O4. The Labute approximate surface area is 212 Å². The fourth-order valence-corrected chi connectivity index (χ4v) is 3.93. The first-order valence-corrected chi connectivity index (χ1v) is 11.2. The molecule has 188 valence electrons. The van der Waals surface area contributed by atoms with E-state index in [9.17, 15) is 27.2 Å². The van der Waals surface area contributed by atoms with Gasteiger partial charge in [-0.2, -0.15) is 13.2 Å². The van der Waals surface area contributed by atoms with Gasteiger partial charge in [-0.05, 0) is 31.2 Å². The Balaban J connectivity index is 1.84. The maximum Gasteiger partial charge on any atom is 0.435 e. The summed E-state index contributed by atoms with van der Waals surface area (Å²) in [6.07, 6.45) is -6.25. The molecule has 2 aromatic carbocycles. The molecule has 1 N–H and O–H groups in total. The van der Waals surface area contributed by atoms with Crippen molar-refractivity contribution in [3.8, 4) is 0 Å². The minimum atomic E-state index is -4.93. The number of esters is 1. The lowest BCUT2D eigenvalue weighted by atomic mass is 9.86. The lowest BCUT2D eigenvalue weighted by Crippen LogP contribution is -2.42. The molecule has 13 heteroatoms. The molecule has 0 aliphatic carbocycles. The SMILES string of the molecule is CCOC(=O)CC(=O)NCc1cc(C2=NOC(c3cc(Cl)c(Cl)c(Cl)c3)(C(F)(F)F)C2)ccc1F. The second-order valence-corrected chi connectivity index (χ2v) is 8.64. The molecule has 0 spiro atoms. The van der Waals surface area contributed by atoms with Crippen molar-refractivity contribution in [3.63, 3.8) is 0 Å². The van der Waals surface area contributed by atoms with Crippen molar-refractivity contribution in [1.29, 1.82) is 0 Å². The first kappa shape index (κ1) is 27.0. The largest absolute Gasteiger partial charge is 0.466 e. The predicted octanol–water partition coefficient (Wildman–Crippen LogP) is 5.94. The Morgan fingerprint density at radius 1 is 1.17 bits per heavy atom. The lowest BCUT2D eigenvalue weighted by molar-refractivity contribution is -0.275. The van der Waals surface area contributed by atoms with Crippen LogP contribution in [0.1, 0.15) is 36.5 Å². The zero-order chi connectivity index (χ0) is 26.0. The topological polar surface area (TPSA) is 77.0 Å². The molecule has 3 rings (SSSR count). The average Bonchev–Trinajstić information content (AvgIpc) is 3.24. The van der Waals surface area contributed by atoms with Gasteiger partial charge in [0, 0.05) is 29.7 Å². The van der Waals surface area contributed by atoms with E-state index in [1.54, 1.807) is 6.92 Å². The summed E-state index contributed by atoms with van der Waals surface area (Å²) < 4.78 is 61.6. The number of halogens is 7. The number of benzene rings is 2. The number of amides is 1. The molecule has 6 nitrogen and oxygen atoms in total. The lowest BCUT2D eigenvalue weighted by Gasteiger charge is -2.30. The van der Waals surface area contributed by atoms with Gasteiger partial charge in [-0.25, -0.2) is 4.39 Å². The van der Waals surface area contributed by atoms with E-state index in [1.807, 2.05) is 0 Å². The minimum Gasteiger partial charge on any atom is -0.466 e. The summed E-state index contributed by atoms with van der Waals surface area (Å²) in [4.78, 5) is 28.2. The second-order valence-electron chi connectivity index (χ2n) is 7.45. The van der Waals surface area contributed by atoms with Crippen molar-refractivity contribution >= 4 is 52.4 Å². The predicted molar refractivity (Wildman–Crippen MR) is 121 cm³/mol. The number of carbonyl (C=O) groups excluding carboxylic acids is 2. The zero-order valence-corrected chi connectivity index (χ0v) is 20.2. The van der Waals surface area contributed by atoms with Gasteiger partial charge in [0.15, 0.2) is 0 Å². The molecule has 0 radical (unpaired) electrons. The summed E-state index contributed by atoms with van der Waals surface area (Å²) in [6.45, 7) is 1.36. The Kier molecular flexibility index (Phi) is 8.18. The zero-order valence-electron chi connectivity index (χ0n) is 17.9. The summed E-state index contributed by atoms with van der Waals surface area (Å²) in [5.74, 6) is -2.17. The molecule has 35 heavy (non-hydrogen) atoms. The molecule has 1 heterocycles. The Hall–Kier alpha value is -2.56. The van der Waals surface area contributed by atoms with E-state index in [-0.39, 0.29) is 45.1 Å². The van der Waals surface area contributed by atoms with Crippen LogP contribution in [0.5, 0.6) is 0 Å². The van der Waals surface area contributed by atoms with Crippen LogP contribution in [0.15, 0.2) is 35.5 Å². The highest BCUT2D eigenvalue weighted by Crippen LogP contribution is 2.50. The number of hydrogen-bond acceptors (Lipinski definition) is 5. The third kappa shape index (κ3) is 5.82. The van der Waals surface area contributed by atoms with Crippen molar-refractivity contribution < 1.29 is 36.7 Å². The number of ether oxygens (including phenoxy) is 1. The molecular weight excluding hydrogens is 539 g/mol. The maximum atomic E-state index is 14.3. The first-order chi connectivity index (χ1) is 16.4. The Morgan fingerprint density at radius 2 is 1.83 bits per heavy atom. The molecule has 0 bridgehead atoms. The van der Waals surface area contributed by atoms with Crippen LogP contribution in [0.25, 0.3) is 0 Å². The third-order valence-corrected chi connectivity index (χ3v) is 6.30. The van der Waals surface area contributed by atoms with Crippen LogP contribution in [-0.2, 0) is 31.3 Å². The van der Waals surface area contributed by atoms with E-state index in [2.05, 4.69) is 15.2 Å². The van der Waals surface area contributed by atoms with Crippen molar-refractivity contribution in [3.05, 3.63) is 67.9 Å². The van der Waals surface area contributed by atoms with Crippen molar-refractivity contribution in [1.82, 2.24) is 5.32 Å². The highest BCUT2D eigenvalue weighted by atomic mass is 35.5. The van der Waals surface area contributed by atoms with Gasteiger partial charge in [0.25, 0.3) is 5.60 Å². The molecule has 1 aliphatic heterocycles. The van der Waals surface area contributed by atoms with Crippen LogP contribution in [0, 0.1) is 5.82 Å². The summed E-state index contributed by atoms with van der Waals surface area (Å²) in [5, 5.41) is 5.47. The maximum absolute atomic E-state index is 14.3. The number of nitrogens with zero attached hydrogens (tertiary/aromatic N) is 1. The quantitative estimate of drug-likeness (QED) is 0.199. The van der Waals surface area contributed by atoms with E-state index in [4.69, 9.17) is 39.6 Å². The first-order valence-electron chi connectivity index (χ1n) is 10.1. The second kappa shape index (κ2) is 10.6. The highest BCUT2D eigenvalue weighted by molar-refractivity contribution is 6.48. The molecule has 0 aromatic heterocycles. The van der Waals surface area contributed by atoms with Crippen molar-refractivity contribution in [2.75, 3.05) is 6.61 Å². The number of carbonyl (C=O) groups is 2. The molecule has 0 fully saturated rings. The molecule has 2 aromatic rings. The van der Waals surface area contributed by atoms with Gasteiger partial charge in [0.05, 0.1) is 27.4 Å². The normalized spacial score (nSPS) is 17.5. The van der Waals surface area contributed by atoms with E-state index < -0.39 is 47.9 Å². The number of oxime groups is 1. The number of hydrogen-bond donors (Lipinski definition) is 1. The minimum absolute atomic E-state index is 0.0375. The fourth-order valence-electron chi connectivity index (χ4n) is 3.34.